The summed E-state index contributed by atoms with van der Waals surface area (Å²) in [6, 6.07) is 7.70. The summed E-state index contributed by atoms with van der Waals surface area (Å²) in [5.74, 6) is -1.04. The maximum absolute atomic E-state index is 13.2. The summed E-state index contributed by atoms with van der Waals surface area (Å²) in [4.78, 5) is 32.9. The van der Waals surface area contributed by atoms with Crippen LogP contribution in [-0.4, -0.2) is 28.1 Å². The number of carbonyl (C=O) groups excluding carboxylic acids is 2. The highest BCUT2D eigenvalue weighted by atomic mass is 32.1. The van der Waals surface area contributed by atoms with E-state index in [9.17, 15) is 9.59 Å². The molecule has 176 valence electrons. The molecule has 1 aromatic carbocycles. The van der Waals surface area contributed by atoms with Crippen molar-refractivity contribution in [2.24, 2.45) is 0 Å². The Kier molecular flexibility index (Phi) is 6.27. The van der Waals surface area contributed by atoms with E-state index in [4.69, 9.17) is 9.26 Å². The summed E-state index contributed by atoms with van der Waals surface area (Å²) < 4.78 is 11.0. The van der Waals surface area contributed by atoms with Crippen LogP contribution in [0, 0.1) is 41.5 Å². The molecule has 0 aliphatic heterocycles. The first-order valence-corrected chi connectivity index (χ1v) is 11.8. The van der Waals surface area contributed by atoms with Crippen LogP contribution in [0.5, 0.6) is 0 Å². The van der Waals surface area contributed by atoms with Gasteiger partial charge in [-0.25, -0.2) is 9.78 Å². The summed E-state index contributed by atoms with van der Waals surface area (Å²) in [5.41, 5.74) is 6.32. The standard InChI is InChI=1S/C26H27N3O4S/c1-12-8-13(2)23(14(3)9-12)28-24(30)17(6)32-26(31)20-11-21(19-10-15(4)34-18(19)7)27-25-22(20)16(5)29-33-25/h8-11,17H,1-7H3,(H,28,30). The lowest BCUT2D eigenvalue weighted by Crippen LogP contribution is -2.30. The first-order valence-electron chi connectivity index (χ1n) is 11.0. The topological polar surface area (TPSA) is 94.3 Å². The van der Waals surface area contributed by atoms with E-state index in [-0.39, 0.29) is 11.3 Å². The van der Waals surface area contributed by atoms with Crippen LogP contribution in [0.1, 0.15) is 49.4 Å². The summed E-state index contributed by atoms with van der Waals surface area (Å²) in [5, 5.41) is 7.35. The number of carbonyl (C=O) groups is 2. The number of anilines is 1. The van der Waals surface area contributed by atoms with Gasteiger partial charge in [-0.15, -0.1) is 11.3 Å². The molecule has 0 aliphatic rings. The zero-order valence-electron chi connectivity index (χ0n) is 20.3. The number of fused-ring (bicyclic) bond motifs is 1. The van der Waals surface area contributed by atoms with Gasteiger partial charge in [-0.2, -0.15) is 0 Å². The second kappa shape index (κ2) is 9.02. The van der Waals surface area contributed by atoms with E-state index in [0.717, 1.165) is 37.7 Å². The highest BCUT2D eigenvalue weighted by Gasteiger charge is 2.25. The van der Waals surface area contributed by atoms with E-state index in [1.807, 2.05) is 52.8 Å². The van der Waals surface area contributed by atoms with Gasteiger partial charge in [0.05, 0.1) is 22.3 Å². The van der Waals surface area contributed by atoms with Gasteiger partial charge in [0, 0.05) is 21.0 Å². The fourth-order valence-corrected chi connectivity index (χ4v) is 5.09. The molecule has 34 heavy (non-hydrogen) atoms. The number of thiophene rings is 1. The van der Waals surface area contributed by atoms with Crippen molar-refractivity contribution in [1.82, 2.24) is 10.1 Å². The smallest absolute Gasteiger partial charge is 0.339 e. The quantitative estimate of drug-likeness (QED) is 0.355. The third-order valence-electron chi connectivity index (χ3n) is 5.73. The number of amides is 1. The molecule has 3 heterocycles. The largest absolute Gasteiger partial charge is 0.449 e. The minimum absolute atomic E-state index is 0.258. The van der Waals surface area contributed by atoms with Gasteiger partial charge >= 0.3 is 5.97 Å². The molecule has 0 aliphatic carbocycles. The van der Waals surface area contributed by atoms with E-state index in [0.29, 0.717) is 16.8 Å². The van der Waals surface area contributed by atoms with Crippen LogP contribution >= 0.6 is 11.3 Å². The van der Waals surface area contributed by atoms with Crippen LogP contribution in [0.4, 0.5) is 5.69 Å². The highest BCUT2D eigenvalue weighted by molar-refractivity contribution is 7.12. The van der Waals surface area contributed by atoms with Crippen LogP contribution in [0.25, 0.3) is 22.4 Å². The van der Waals surface area contributed by atoms with Crippen LogP contribution in [0.15, 0.2) is 28.8 Å². The van der Waals surface area contributed by atoms with Crippen molar-refractivity contribution in [3.8, 4) is 11.3 Å². The normalized spacial score (nSPS) is 12.1. The van der Waals surface area contributed by atoms with Crippen LogP contribution in [0.3, 0.4) is 0 Å². The highest BCUT2D eigenvalue weighted by Crippen LogP contribution is 2.33. The number of hydrogen-bond acceptors (Lipinski definition) is 7. The second-order valence-electron chi connectivity index (χ2n) is 8.64. The van der Waals surface area contributed by atoms with E-state index < -0.39 is 18.0 Å². The van der Waals surface area contributed by atoms with Crippen molar-refractivity contribution in [3.05, 3.63) is 62.0 Å². The predicted octanol–water partition coefficient (Wildman–Crippen LogP) is 5.99. The Bertz CT molecular complexity index is 1410. The molecule has 1 atom stereocenters. The summed E-state index contributed by atoms with van der Waals surface area (Å²) in [6.45, 7) is 13.2. The van der Waals surface area contributed by atoms with Crippen molar-refractivity contribution in [2.75, 3.05) is 5.32 Å². The van der Waals surface area contributed by atoms with Crippen LogP contribution in [-0.2, 0) is 9.53 Å². The molecule has 0 radical (unpaired) electrons. The molecule has 0 saturated heterocycles. The number of rotatable bonds is 5. The number of hydrogen-bond donors (Lipinski definition) is 1. The Labute approximate surface area is 202 Å². The van der Waals surface area contributed by atoms with Gasteiger partial charge in [0.15, 0.2) is 6.10 Å². The van der Waals surface area contributed by atoms with Gasteiger partial charge in [0.25, 0.3) is 11.6 Å². The van der Waals surface area contributed by atoms with Gasteiger partial charge in [0.1, 0.15) is 0 Å². The molecule has 1 amide bonds. The maximum Gasteiger partial charge on any atom is 0.339 e. The first kappa shape index (κ1) is 23.6. The number of ether oxygens (including phenoxy) is 1. The van der Waals surface area contributed by atoms with Gasteiger partial charge < -0.3 is 14.6 Å². The fraction of sp³-hybridized carbons (Fsp3) is 0.308. The second-order valence-corrected chi connectivity index (χ2v) is 10.1. The SMILES string of the molecule is Cc1cc(C)c(NC(=O)C(C)OC(=O)c2cc(-c3cc(C)sc3C)nc3onc(C)c23)c(C)c1. The molecule has 4 rings (SSSR count). The number of nitrogens with one attached hydrogen (secondary N) is 1. The maximum atomic E-state index is 13.2. The minimum Gasteiger partial charge on any atom is -0.449 e. The van der Waals surface area contributed by atoms with Gasteiger partial charge in [0.2, 0.25) is 0 Å². The third-order valence-corrected chi connectivity index (χ3v) is 6.70. The Hall–Kier alpha value is -3.52. The third kappa shape index (κ3) is 4.46. The average Bonchev–Trinajstić information content (AvgIpc) is 3.30. The summed E-state index contributed by atoms with van der Waals surface area (Å²) in [7, 11) is 0. The molecule has 0 bridgehead atoms. The number of nitrogens with zero attached hydrogens (tertiary/aromatic N) is 2. The Balaban J connectivity index is 1.63. The fourth-order valence-electron chi connectivity index (χ4n) is 4.16. The number of benzene rings is 1. The lowest BCUT2D eigenvalue weighted by atomic mass is 10.0. The van der Waals surface area contributed by atoms with Gasteiger partial charge in [-0.3, -0.25) is 4.79 Å². The zero-order chi connectivity index (χ0) is 24.7. The average molecular weight is 478 g/mol. The predicted molar refractivity (Wildman–Crippen MR) is 133 cm³/mol. The molecule has 3 aromatic heterocycles. The summed E-state index contributed by atoms with van der Waals surface area (Å²) in [6.07, 6.45) is -1.01. The minimum atomic E-state index is -1.01. The van der Waals surface area contributed by atoms with Crippen molar-refractivity contribution < 1.29 is 18.8 Å². The number of aryl methyl sites for hydroxylation is 6. The lowest BCUT2D eigenvalue weighted by molar-refractivity contribution is -0.123. The van der Waals surface area contributed by atoms with Crippen LogP contribution < -0.4 is 5.32 Å². The van der Waals surface area contributed by atoms with E-state index >= 15 is 0 Å². The van der Waals surface area contributed by atoms with Gasteiger partial charge in [-0.05, 0) is 71.7 Å². The molecule has 7 nitrogen and oxygen atoms in total. The van der Waals surface area contributed by atoms with Crippen molar-refractivity contribution in [3.63, 3.8) is 0 Å². The van der Waals surface area contributed by atoms with Crippen LogP contribution in [0.2, 0.25) is 0 Å². The van der Waals surface area contributed by atoms with Crippen molar-refractivity contribution in [2.45, 2.75) is 54.6 Å². The van der Waals surface area contributed by atoms with Crippen molar-refractivity contribution >= 4 is 40.0 Å². The molecular formula is C26H27N3O4S. The number of esters is 1. The Morgan fingerprint density at radius 3 is 2.32 bits per heavy atom. The summed E-state index contributed by atoms with van der Waals surface area (Å²) >= 11 is 1.65. The van der Waals surface area contributed by atoms with E-state index in [1.54, 1.807) is 31.3 Å². The monoisotopic (exact) mass is 477 g/mol. The zero-order valence-corrected chi connectivity index (χ0v) is 21.1. The molecule has 0 saturated carbocycles. The number of aromatic nitrogens is 2. The molecule has 1 N–H and O–H groups in total. The number of pyridine rings is 1. The van der Waals surface area contributed by atoms with E-state index in [1.165, 1.54) is 0 Å². The first-order chi connectivity index (χ1) is 16.0. The Morgan fingerprint density at radius 2 is 1.71 bits per heavy atom. The van der Waals surface area contributed by atoms with Gasteiger partial charge in [-0.1, -0.05) is 22.9 Å². The molecular weight excluding hydrogens is 450 g/mol. The van der Waals surface area contributed by atoms with Crippen molar-refractivity contribution in [1.29, 1.82) is 0 Å². The molecule has 4 aromatic rings. The molecule has 1 unspecified atom stereocenters. The molecule has 8 heteroatoms. The lowest BCUT2D eigenvalue weighted by Gasteiger charge is -2.17. The molecule has 0 fully saturated rings. The molecule has 0 spiro atoms. The van der Waals surface area contributed by atoms with E-state index in [2.05, 4.69) is 15.5 Å². The Morgan fingerprint density at radius 1 is 1.03 bits per heavy atom.